The first kappa shape index (κ1) is 15.6. The number of nitrogens with one attached hydrogen (secondary N) is 1. The van der Waals surface area contributed by atoms with Crippen LogP contribution in [0.25, 0.3) is 0 Å². The number of ether oxygens (including phenoxy) is 2. The molecule has 1 aromatic carbocycles. The van der Waals surface area contributed by atoms with Crippen molar-refractivity contribution in [1.82, 2.24) is 4.98 Å². The van der Waals surface area contributed by atoms with Gasteiger partial charge in [-0.25, -0.2) is 4.98 Å². The molecule has 1 N–H and O–H groups in total. The normalized spacial score (nSPS) is 10.9. The van der Waals surface area contributed by atoms with Crippen LogP contribution in [0.5, 0.6) is 11.5 Å². The molecule has 0 aliphatic heterocycles. The number of anilines is 1. The van der Waals surface area contributed by atoms with Gasteiger partial charge in [0.15, 0.2) is 11.5 Å². The Morgan fingerprint density at radius 1 is 1.43 bits per heavy atom. The molecule has 0 aliphatic carbocycles. The van der Waals surface area contributed by atoms with E-state index in [1.54, 1.807) is 25.5 Å². The number of aryl methyl sites for hydroxylation is 1. The second-order valence-corrected chi connectivity index (χ2v) is 5.39. The number of hydrazone groups is 1. The van der Waals surface area contributed by atoms with Gasteiger partial charge in [-0.15, -0.1) is 11.3 Å². The van der Waals surface area contributed by atoms with E-state index in [1.165, 1.54) is 11.3 Å². The van der Waals surface area contributed by atoms with Crippen molar-refractivity contribution in [1.29, 1.82) is 0 Å². The number of hydrogen-bond acceptors (Lipinski definition) is 6. The summed E-state index contributed by atoms with van der Waals surface area (Å²) in [5.41, 5.74) is 4.56. The fourth-order valence-electron chi connectivity index (χ4n) is 1.64. The van der Waals surface area contributed by atoms with E-state index in [2.05, 4.69) is 15.5 Å². The van der Waals surface area contributed by atoms with E-state index in [-0.39, 0.29) is 0 Å². The van der Waals surface area contributed by atoms with Crippen LogP contribution >= 0.6 is 22.9 Å². The molecule has 0 radical (unpaired) electrons. The zero-order valence-corrected chi connectivity index (χ0v) is 13.6. The van der Waals surface area contributed by atoms with E-state index in [0.29, 0.717) is 23.1 Å². The highest BCUT2D eigenvalue weighted by atomic mass is 35.5. The first-order valence-electron chi connectivity index (χ1n) is 6.35. The van der Waals surface area contributed by atoms with Gasteiger partial charge in [-0.05, 0) is 19.9 Å². The lowest BCUT2D eigenvalue weighted by Gasteiger charge is -2.11. The SMILES string of the molecule is CCOc1cc(C=NNc2nc(C)cs2)c(Cl)cc1OC. The maximum Gasteiger partial charge on any atom is 0.203 e. The Balaban J connectivity index is 2.16. The fourth-order valence-corrected chi connectivity index (χ4v) is 2.48. The predicted octanol–water partition coefficient (Wildman–Crippen LogP) is 3.96. The highest BCUT2D eigenvalue weighted by Crippen LogP contribution is 2.32. The third-order valence-corrected chi connectivity index (χ3v) is 3.76. The van der Waals surface area contributed by atoms with E-state index in [9.17, 15) is 0 Å². The summed E-state index contributed by atoms with van der Waals surface area (Å²) < 4.78 is 10.7. The number of aromatic nitrogens is 1. The van der Waals surface area contributed by atoms with Crippen LogP contribution in [0.4, 0.5) is 5.13 Å². The highest BCUT2D eigenvalue weighted by molar-refractivity contribution is 7.13. The molecule has 5 nitrogen and oxygen atoms in total. The molecule has 2 aromatic rings. The maximum atomic E-state index is 6.20. The number of halogens is 1. The van der Waals surface area contributed by atoms with Gasteiger partial charge in [-0.3, -0.25) is 5.43 Å². The molecule has 1 aromatic heterocycles. The minimum atomic E-state index is 0.538. The zero-order chi connectivity index (χ0) is 15.2. The molecular formula is C14H16ClN3O2S. The molecule has 0 fully saturated rings. The van der Waals surface area contributed by atoms with Crippen molar-refractivity contribution < 1.29 is 9.47 Å². The summed E-state index contributed by atoms with van der Waals surface area (Å²) in [5.74, 6) is 1.23. The second-order valence-electron chi connectivity index (χ2n) is 4.12. The summed E-state index contributed by atoms with van der Waals surface area (Å²) in [6.45, 7) is 4.39. The molecule has 0 atom stereocenters. The molecule has 0 bridgehead atoms. The van der Waals surface area contributed by atoms with Crippen LogP contribution in [-0.4, -0.2) is 24.9 Å². The van der Waals surface area contributed by atoms with Crippen LogP contribution < -0.4 is 14.9 Å². The largest absolute Gasteiger partial charge is 0.493 e. The van der Waals surface area contributed by atoms with Gasteiger partial charge in [0.1, 0.15) is 0 Å². The van der Waals surface area contributed by atoms with E-state index in [0.717, 1.165) is 16.4 Å². The molecule has 0 amide bonds. The molecule has 112 valence electrons. The average molecular weight is 326 g/mol. The van der Waals surface area contributed by atoms with Crippen molar-refractivity contribution in [2.45, 2.75) is 13.8 Å². The summed E-state index contributed by atoms with van der Waals surface area (Å²) in [6, 6.07) is 3.50. The van der Waals surface area contributed by atoms with Crippen LogP contribution in [0.2, 0.25) is 5.02 Å². The number of benzene rings is 1. The Labute approximate surface area is 132 Å². The molecule has 0 aliphatic rings. The molecule has 2 rings (SSSR count). The van der Waals surface area contributed by atoms with Gasteiger partial charge >= 0.3 is 0 Å². The molecular weight excluding hydrogens is 310 g/mol. The van der Waals surface area contributed by atoms with Crippen molar-refractivity contribution in [2.75, 3.05) is 19.1 Å². The highest BCUT2D eigenvalue weighted by Gasteiger charge is 2.09. The Morgan fingerprint density at radius 2 is 2.24 bits per heavy atom. The first-order chi connectivity index (χ1) is 10.1. The lowest BCUT2D eigenvalue weighted by Crippen LogP contribution is -1.98. The lowest BCUT2D eigenvalue weighted by atomic mass is 10.2. The quantitative estimate of drug-likeness (QED) is 0.645. The van der Waals surface area contributed by atoms with E-state index < -0.39 is 0 Å². The Hall–Kier alpha value is -1.79. The minimum absolute atomic E-state index is 0.538. The van der Waals surface area contributed by atoms with Gasteiger partial charge in [0.05, 0.1) is 30.6 Å². The summed E-state index contributed by atoms with van der Waals surface area (Å²) in [6.07, 6.45) is 1.63. The molecule has 0 spiro atoms. The van der Waals surface area contributed by atoms with Crippen LogP contribution in [0.3, 0.4) is 0 Å². The number of methoxy groups -OCH3 is 1. The van der Waals surface area contributed by atoms with E-state index >= 15 is 0 Å². The minimum Gasteiger partial charge on any atom is -0.493 e. The number of hydrogen-bond donors (Lipinski definition) is 1. The van der Waals surface area contributed by atoms with Crippen LogP contribution in [0.1, 0.15) is 18.2 Å². The van der Waals surface area contributed by atoms with Gasteiger partial charge in [-0.2, -0.15) is 5.10 Å². The Morgan fingerprint density at radius 3 is 2.86 bits per heavy atom. The predicted molar refractivity (Wildman–Crippen MR) is 87.2 cm³/mol. The van der Waals surface area contributed by atoms with Gasteiger partial charge in [0.2, 0.25) is 5.13 Å². The number of rotatable bonds is 6. The third-order valence-electron chi connectivity index (χ3n) is 2.57. The van der Waals surface area contributed by atoms with Gasteiger partial charge in [-0.1, -0.05) is 11.6 Å². The third kappa shape index (κ3) is 4.09. The fraction of sp³-hybridized carbons (Fsp3) is 0.286. The van der Waals surface area contributed by atoms with Gasteiger partial charge < -0.3 is 9.47 Å². The van der Waals surface area contributed by atoms with Crippen LogP contribution in [0, 0.1) is 6.92 Å². The number of nitrogens with zero attached hydrogens (tertiary/aromatic N) is 2. The van der Waals surface area contributed by atoms with Crippen molar-refractivity contribution >= 4 is 34.3 Å². The number of thiazole rings is 1. The Bertz CT molecular complexity index is 643. The van der Waals surface area contributed by atoms with Crippen molar-refractivity contribution in [2.24, 2.45) is 5.10 Å². The molecule has 0 unspecified atom stereocenters. The van der Waals surface area contributed by atoms with Crippen molar-refractivity contribution in [3.8, 4) is 11.5 Å². The molecule has 0 saturated heterocycles. The van der Waals surface area contributed by atoms with Crippen LogP contribution in [0.15, 0.2) is 22.6 Å². The lowest BCUT2D eigenvalue weighted by molar-refractivity contribution is 0.311. The average Bonchev–Trinajstić information content (AvgIpc) is 2.87. The molecule has 0 saturated carbocycles. The zero-order valence-electron chi connectivity index (χ0n) is 12.0. The van der Waals surface area contributed by atoms with Gasteiger partial charge in [0, 0.05) is 17.0 Å². The summed E-state index contributed by atoms with van der Waals surface area (Å²) in [7, 11) is 1.58. The second kappa shape index (κ2) is 7.28. The van der Waals surface area contributed by atoms with Gasteiger partial charge in [0.25, 0.3) is 0 Å². The molecule has 1 heterocycles. The summed E-state index contributed by atoms with van der Waals surface area (Å²) in [4.78, 5) is 4.25. The summed E-state index contributed by atoms with van der Waals surface area (Å²) in [5, 5.41) is 7.36. The van der Waals surface area contributed by atoms with E-state index in [1.807, 2.05) is 19.2 Å². The standard InChI is InChI=1S/C14H16ClN3O2S/c1-4-20-13-5-10(11(15)6-12(13)19-3)7-16-18-14-17-9(2)8-21-14/h5-8H,4H2,1-3H3,(H,17,18). The first-order valence-corrected chi connectivity index (χ1v) is 7.61. The van der Waals surface area contributed by atoms with Crippen molar-refractivity contribution in [3.05, 3.63) is 33.8 Å². The van der Waals surface area contributed by atoms with Crippen LogP contribution in [-0.2, 0) is 0 Å². The van der Waals surface area contributed by atoms with Crippen molar-refractivity contribution in [3.63, 3.8) is 0 Å². The molecule has 21 heavy (non-hydrogen) atoms. The molecule has 7 heteroatoms. The topological polar surface area (TPSA) is 55.7 Å². The Kier molecular flexibility index (Phi) is 5.41. The van der Waals surface area contributed by atoms with E-state index in [4.69, 9.17) is 21.1 Å². The smallest absolute Gasteiger partial charge is 0.203 e. The summed E-state index contributed by atoms with van der Waals surface area (Å²) >= 11 is 7.69. The monoisotopic (exact) mass is 325 g/mol. The maximum absolute atomic E-state index is 6.20.